The second-order valence-electron chi connectivity index (χ2n) is 8.54. The zero-order valence-electron chi connectivity index (χ0n) is 28.2. The molecule has 0 bridgehead atoms. The molecular weight excluding hydrogens is 438 g/mol. The Kier molecular flexibility index (Phi) is 58.1. The third kappa shape index (κ3) is 53.9. The van der Waals surface area contributed by atoms with Crippen molar-refractivity contribution in [1.82, 2.24) is 5.32 Å². The van der Waals surface area contributed by atoms with Crippen molar-refractivity contribution in [2.45, 2.75) is 154 Å². The normalized spacial score (nSPS) is 13.2. The lowest BCUT2D eigenvalue weighted by atomic mass is 9.93. The van der Waals surface area contributed by atoms with E-state index in [-0.39, 0.29) is 11.7 Å². The molecule has 2 atom stereocenters. The molecule has 0 radical (unpaired) electrons. The van der Waals surface area contributed by atoms with E-state index in [9.17, 15) is 0 Å². The fourth-order valence-corrected chi connectivity index (χ4v) is 1.89. The fourth-order valence-electron chi connectivity index (χ4n) is 1.89. The summed E-state index contributed by atoms with van der Waals surface area (Å²) < 4.78 is 6.23. The van der Waals surface area contributed by atoms with Gasteiger partial charge < -0.3 is 10.1 Å². The van der Waals surface area contributed by atoms with Crippen LogP contribution in [0.15, 0.2) is 36.0 Å². The van der Waals surface area contributed by atoms with Gasteiger partial charge in [0.15, 0.2) is 0 Å². The van der Waals surface area contributed by atoms with Crippen LogP contribution in [0, 0.1) is 17.8 Å². The van der Waals surface area contributed by atoms with Gasteiger partial charge in [0.05, 0.1) is 11.7 Å². The van der Waals surface area contributed by atoms with Crippen LogP contribution in [0.5, 0.6) is 0 Å². The molecule has 1 fully saturated rings. The van der Waals surface area contributed by atoms with Gasteiger partial charge in [0.2, 0.25) is 0 Å². The first-order valence-electron chi connectivity index (χ1n) is 14.8. The molecule has 36 heavy (non-hydrogen) atoms. The van der Waals surface area contributed by atoms with Crippen LogP contribution in [-0.2, 0) is 4.74 Å². The standard InChI is InChI=1S/C16H26O.C4H6.C3H6.C3H8.C2H7N.3C2H6/c1-6-13(2)15(17-16(3,4)5)14-11-9-7-8-10-12-14;1-3-4-2;1-2-3-1;2*1-3-2;3*1-2/h7,9-13,15H,6,8H2,1-5H3;1-2H3;1-3H2;3H2,1-2H3;3H,1-2H3;3*1-2H3. The third-order valence-electron chi connectivity index (χ3n) is 3.58. The van der Waals surface area contributed by atoms with Crippen molar-refractivity contribution in [3.8, 4) is 11.8 Å². The van der Waals surface area contributed by atoms with Crippen LogP contribution in [0.4, 0.5) is 0 Å². The molecule has 0 aliphatic heterocycles. The summed E-state index contributed by atoms with van der Waals surface area (Å²) in [6.07, 6.45) is 19.0. The van der Waals surface area contributed by atoms with E-state index in [0.717, 1.165) is 12.8 Å². The van der Waals surface area contributed by atoms with Crippen LogP contribution >= 0.6 is 0 Å². The lowest BCUT2D eigenvalue weighted by Crippen LogP contribution is -2.32. The highest BCUT2D eigenvalue weighted by molar-refractivity contribution is 5.31. The van der Waals surface area contributed by atoms with E-state index in [1.165, 1.54) is 31.3 Å². The first-order chi connectivity index (χ1) is 17.2. The highest BCUT2D eigenvalue weighted by Gasteiger charge is 2.25. The Morgan fingerprint density at radius 2 is 1.25 bits per heavy atom. The van der Waals surface area contributed by atoms with Crippen molar-refractivity contribution < 1.29 is 4.74 Å². The Bertz CT molecular complexity index is 485. The Hall–Kier alpha value is -1.30. The predicted molar refractivity (Wildman–Crippen MR) is 173 cm³/mol. The minimum absolute atomic E-state index is 0.0984. The minimum Gasteiger partial charge on any atom is -0.368 e. The van der Waals surface area contributed by atoms with E-state index in [1.807, 2.05) is 69.5 Å². The average Bonchev–Trinajstić information content (AvgIpc) is 3.77. The number of rotatable bonds is 4. The summed E-state index contributed by atoms with van der Waals surface area (Å²) >= 11 is 0. The molecule has 2 nitrogen and oxygen atoms in total. The molecule has 2 aliphatic rings. The average molecular weight is 510 g/mol. The van der Waals surface area contributed by atoms with Crippen LogP contribution in [0.3, 0.4) is 0 Å². The second-order valence-corrected chi connectivity index (χ2v) is 8.54. The predicted octanol–water partition coefficient (Wildman–Crippen LogP) is 11.2. The van der Waals surface area contributed by atoms with Gasteiger partial charge in [0.1, 0.15) is 0 Å². The van der Waals surface area contributed by atoms with E-state index in [4.69, 9.17) is 4.74 Å². The van der Waals surface area contributed by atoms with Gasteiger partial charge in [-0.15, -0.1) is 11.8 Å². The van der Waals surface area contributed by atoms with Crippen molar-refractivity contribution in [3.63, 3.8) is 0 Å². The lowest BCUT2D eigenvalue weighted by molar-refractivity contribution is -0.0632. The maximum Gasteiger partial charge on any atom is 0.0857 e. The summed E-state index contributed by atoms with van der Waals surface area (Å²) in [5.74, 6) is 5.90. The van der Waals surface area contributed by atoms with Gasteiger partial charge in [-0.1, -0.05) is 132 Å². The third-order valence-corrected chi connectivity index (χ3v) is 3.58. The van der Waals surface area contributed by atoms with Gasteiger partial charge in [0.25, 0.3) is 0 Å². The molecule has 2 rings (SSSR count). The fraction of sp³-hybridized carbons (Fsp3) is 0.765. The second kappa shape index (κ2) is 43.7. The van der Waals surface area contributed by atoms with Crippen LogP contribution in [0.2, 0.25) is 0 Å². The molecule has 2 aliphatic carbocycles. The summed E-state index contributed by atoms with van der Waals surface area (Å²) in [4.78, 5) is 0. The van der Waals surface area contributed by atoms with E-state index in [2.05, 4.69) is 96.0 Å². The molecule has 1 N–H and O–H groups in total. The molecule has 218 valence electrons. The number of nitrogens with one attached hydrogen (secondary N) is 1. The first-order valence-corrected chi connectivity index (χ1v) is 14.8. The van der Waals surface area contributed by atoms with E-state index < -0.39 is 0 Å². The molecule has 0 aromatic heterocycles. The molecule has 0 aromatic carbocycles. The Morgan fingerprint density at radius 3 is 1.53 bits per heavy atom. The van der Waals surface area contributed by atoms with Gasteiger partial charge in [-0.25, -0.2) is 0 Å². The van der Waals surface area contributed by atoms with Gasteiger partial charge in [-0.2, -0.15) is 0 Å². The quantitative estimate of drug-likeness (QED) is 0.380. The first kappa shape index (κ1) is 47.8. The zero-order chi connectivity index (χ0) is 29.8. The topological polar surface area (TPSA) is 21.3 Å². The van der Waals surface area contributed by atoms with Crippen molar-refractivity contribution >= 4 is 0 Å². The van der Waals surface area contributed by atoms with Gasteiger partial charge in [0, 0.05) is 0 Å². The summed E-state index contributed by atoms with van der Waals surface area (Å²) in [6.45, 7) is 30.7. The molecule has 0 saturated heterocycles. The van der Waals surface area contributed by atoms with Crippen molar-refractivity contribution in [2.75, 3.05) is 14.1 Å². The monoisotopic (exact) mass is 510 g/mol. The minimum atomic E-state index is -0.0984. The van der Waals surface area contributed by atoms with Crippen LogP contribution < -0.4 is 5.32 Å². The Morgan fingerprint density at radius 1 is 0.861 bits per heavy atom. The summed E-state index contributed by atoms with van der Waals surface area (Å²) in [5.41, 5.74) is 1.20. The summed E-state index contributed by atoms with van der Waals surface area (Å²) in [7, 11) is 3.75. The van der Waals surface area contributed by atoms with Gasteiger partial charge >= 0.3 is 0 Å². The van der Waals surface area contributed by atoms with Gasteiger partial charge in [-0.05, 0) is 66.6 Å². The molecule has 2 heteroatoms. The smallest absolute Gasteiger partial charge is 0.0857 e. The molecule has 0 amide bonds. The van der Waals surface area contributed by atoms with E-state index >= 15 is 0 Å². The highest BCUT2D eigenvalue weighted by atomic mass is 16.5. The van der Waals surface area contributed by atoms with Crippen molar-refractivity contribution in [1.29, 1.82) is 0 Å². The largest absolute Gasteiger partial charge is 0.368 e. The number of hydrogen-bond donors (Lipinski definition) is 1. The number of ether oxygens (including phenoxy) is 1. The molecule has 1 saturated carbocycles. The van der Waals surface area contributed by atoms with Crippen LogP contribution in [0.25, 0.3) is 0 Å². The van der Waals surface area contributed by atoms with Crippen LogP contribution in [-0.4, -0.2) is 25.8 Å². The maximum atomic E-state index is 6.23. The summed E-state index contributed by atoms with van der Waals surface area (Å²) in [5, 5.41) is 2.75. The van der Waals surface area contributed by atoms with Crippen molar-refractivity contribution in [3.05, 3.63) is 36.0 Å². The molecule has 0 spiro atoms. The molecular formula is C34H71NO. The highest BCUT2D eigenvalue weighted by Crippen LogP contribution is 2.26. The van der Waals surface area contributed by atoms with Gasteiger partial charge in [-0.3, -0.25) is 0 Å². The van der Waals surface area contributed by atoms with Crippen molar-refractivity contribution in [2.24, 2.45) is 5.92 Å². The van der Waals surface area contributed by atoms with E-state index in [1.54, 1.807) is 0 Å². The number of hydrogen-bond acceptors (Lipinski definition) is 2. The van der Waals surface area contributed by atoms with Crippen LogP contribution in [0.1, 0.15) is 142 Å². The molecule has 0 heterocycles. The Balaban J connectivity index is -0.0000000967. The molecule has 0 aromatic rings. The maximum absolute atomic E-state index is 6.23. The lowest BCUT2D eigenvalue weighted by Gasteiger charge is -2.32. The molecule has 2 unspecified atom stereocenters. The van der Waals surface area contributed by atoms with E-state index in [0.29, 0.717) is 5.92 Å². The Labute approximate surface area is 231 Å². The SMILES string of the molecule is C1CC1.CC.CC.CC.CC#CC.CCC.CCC(C)C(OC(C)(C)C)C1=CC=CCC=C1.CNC. The summed E-state index contributed by atoms with van der Waals surface area (Å²) in [6, 6.07) is 0. The number of allylic oxidation sites excluding steroid dienone is 4. The zero-order valence-corrected chi connectivity index (χ0v) is 28.2.